The summed E-state index contributed by atoms with van der Waals surface area (Å²) in [6.07, 6.45) is 6.89. The molecular formula is C13H17N3O. The Morgan fingerprint density at radius 3 is 2.94 bits per heavy atom. The third-order valence-electron chi connectivity index (χ3n) is 2.39. The molecule has 0 saturated carbocycles. The fourth-order valence-corrected chi connectivity index (χ4v) is 1.52. The smallest absolute Gasteiger partial charge is 0.170 e. The van der Waals surface area contributed by atoms with Crippen molar-refractivity contribution in [1.82, 2.24) is 5.32 Å². The monoisotopic (exact) mass is 231 g/mol. The van der Waals surface area contributed by atoms with Gasteiger partial charge in [0.15, 0.2) is 5.84 Å². The van der Waals surface area contributed by atoms with Gasteiger partial charge < -0.3 is 16.3 Å². The molecule has 4 N–H and O–H groups in total. The molecule has 90 valence electrons. The van der Waals surface area contributed by atoms with Crippen molar-refractivity contribution in [3.8, 4) is 12.3 Å². The number of hydrogen-bond acceptors (Lipinski definition) is 3. The number of hydrogen-bond donors (Lipinski definition) is 3. The van der Waals surface area contributed by atoms with Gasteiger partial charge in [-0.1, -0.05) is 29.4 Å². The van der Waals surface area contributed by atoms with Gasteiger partial charge in [0.2, 0.25) is 0 Å². The van der Waals surface area contributed by atoms with Gasteiger partial charge in [-0.2, -0.15) is 0 Å². The summed E-state index contributed by atoms with van der Waals surface area (Å²) >= 11 is 0. The van der Waals surface area contributed by atoms with Crippen LogP contribution in [0.25, 0.3) is 0 Å². The van der Waals surface area contributed by atoms with Crippen LogP contribution in [-0.2, 0) is 6.54 Å². The van der Waals surface area contributed by atoms with Crippen LogP contribution in [-0.4, -0.2) is 17.6 Å². The average molecular weight is 231 g/mol. The number of rotatable bonds is 6. The third kappa shape index (κ3) is 4.17. The van der Waals surface area contributed by atoms with E-state index in [1.807, 2.05) is 24.3 Å². The van der Waals surface area contributed by atoms with E-state index in [9.17, 15) is 0 Å². The Balaban J connectivity index is 2.56. The van der Waals surface area contributed by atoms with Crippen molar-refractivity contribution in [2.24, 2.45) is 10.9 Å². The van der Waals surface area contributed by atoms with Gasteiger partial charge in [0.1, 0.15) is 0 Å². The molecule has 0 spiro atoms. The lowest BCUT2D eigenvalue weighted by Gasteiger charge is -2.08. The van der Waals surface area contributed by atoms with Crippen molar-refractivity contribution in [1.29, 1.82) is 0 Å². The lowest BCUT2D eigenvalue weighted by atomic mass is 10.1. The van der Waals surface area contributed by atoms with Crippen LogP contribution in [0.15, 0.2) is 29.4 Å². The van der Waals surface area contributed by atoms with Crippen LogP contribution < -0.4 is 11.1 Å². The normalized spacial score (nSPS) is 11.1. The van der Waals surface area contributed by atoms with E-state index < -0.39 is 0 Å². The van der Waals surface area contributed by atoms with Gasteiger partial charge in [-0.25, -0.2) is 0 Å². The van der Waals surface area contributed by atoms with E-state index in [0.717, 1.165) is 30.5 Å². The molecule has 0 aliphatic carbocycles. The third-order valence-corrected chi connectivity index (χ3v) is 2.39. The van der Waals surface area contributed by atoms with Gasteiger partial charge in [-0.3, -0.25) is 0 Å². The molecule has 0 aliphatic heterocycles. The minimum Gasteiger partial charge on any atom is -0.409 e. The molecule has 0 heterocycles. The molecule has 0 aromatic heterocycles. The lowest BCUT2D eigenvalue weighted by molar-refractivity contribution is 0.318. The molecule has 4 nitrogen and oxygen atoms in total. The highest BCUT2D eigenvalue weighted by Gasteiger charge is 2.05. The molecule has 0 amide bonds. The summed E-state index contributed by atoms with van der Waals surface area (Å²) in [5.74, 6) is 2.72. The highest BCUT2D eigenvalue weighted by molar-refractivity contribution is 5.98. The summed E-state index contributed by atoms with van der Waals surface area (Å²) in [4.78, 5) is 0. The fourth-order valence-electron chi connectivity index (χ4n) is 1.52. The van der Waals surface area contributed by atoms with Crippen LogP contribution in [0.4, 0.5) is 0 Å². The maximum atomic E-state index is 8.67. The maximum absolute atomic E-state index is 8.67. The molecule has 1 rings (SSSR count). The molecule has 0 saturated heterocycles. The second-order valence-corrected chi connectivity index (χ2v) is 3.63. The largest absolute Gasteiger partial charge is 0.409 e. The van der Waals surface area contributed by atoms with Crippen LogP contribution >= 0.6 is 0 Å². The number of unbranched alkanes of at least 4 members (excludes halogenated alkanes) is 1. The van der Waals surface area contributed by atoms with Gasteiger partial charge >= 0.3 is 0 Å². The number of terminal acetylenes is 1. The van der Waals surface area contributed by atoms with E-state index in [1.54, 1.807) is 0 Å². The lowest BCUT2D eigenvalue weighted by Crippen LogP contribution is -2.20. The van der Waals surface area contributed by atoms with Gasteiger partial charge in [0.05, 0.1) is 0 Å². The zero-order chi connectivity index (χ0) is 12.5. The summed E-state index contributed by atoms with van der Waals surface area (Å²) < 4.78 is 0. The van der Waals surface area contributed by atoms with Crippen molar-refractivity contribution in [2.45, 2.75) is 19.4 Å². The number of nitrogens with two attached hydrogens (primary N) is 1. The first-order chi connectivity index (χ1) is 8.29. The molecule has 0 fully saturated rings. The van der Waals surface area contributed by atoms with Crippen LogP contribution in [0, 0.1) is 12.3 Å². The van der Waals surface area contributed by atoms with Gasteiger partial charge in [-0.15, -0.1) is 12.3 Å². The Kier molecular flexibility index (Phi) is 5.62. The van der Waals surface area contributed by atoms with E-state index in [1.165, 1.54) is 0 Å². The summed E-state index contributed by atoms with van der Waals surface area (Å²) in [7, 11) is 0. The van der Waals surface area contributed by atoms with Crippen LogP contribution in [0.1, 0.15) is 24.0 Å². The predicted molar refractivity (Wildman–Crippen MR) is 68.7 cm³/mol. The molecule has 17 heavy (non-hydrogen) atoms. The highest BCUT2D eigenvalue weighted by Crippen LogP contribution is 2.08. The van der Waals surface area contributed by atoms with Crippen LogP contribution in [0.5, 0.6) is 0 Å². The van der Waals surface area contributed by atoms with Gasteiger partial charge in [0, 0.05) is 18.5 Å². The number of oxime groups is 1. The standard InChI is InChI=1S/C13H17N3O/c1-2-3-6-9-15-10-11-7-4-5-8-12(11)13(14)16-17/h1,4-5,7-8,15,17H,3,6,9-10H2,(H2,14,16). The fraction of sp³-hybridized carbons (Fsp3) is 0.308. The van der Waals surface area contributed by atoms with E-state index in [4.69, 9.17) is 17.4 Å². The first kappa shape index (κ1) is 13.1. The topological polar surface area (TPSA) is 70.6 Å². The zero-order valence-electron chi connectivity index (χ0n) is 9.69. The van der Waals surface area contributed by atoms with Crippen molar-refractivity contribution >= 4 is 5.84 Å². The number of benzene rings is 1. The predicted octanol–water partition coefficient (Wildman–Crippen LogP) is 1.28. The van der Waals surface area contributed by atoms with E-state index >= 15 is 0 Å². The quantitative estimate of drug-likeness (QED) is 0.172. The maximum Gasteiger partial charge on any atom is 0.170 e. The van der Waals surface area contributed by atoms with Crippen molar-refractivity contribution in [2.75, 3.05) is 6.54 Å². The molecule has 0 bridgehead atoms. The summed E-state index contributed by atoms with van der Waals surface area (Å²) in [6, 6.07) is 7.55. The van der Waals surface area contributed by atoms with Crippen LogP contribution in [0.2, 0.25) is 0 Å². The number of amidine groups is 1. The molecule has 1 aromatic rings. The highest BCUT2D eigenvalue weighted by atomic mass is 16.4. The molecule has 0 radical (unpaired) electrons. The minimum absolute atomic E-state index is 0.131. The van der Waals surface area contributed by atoms with Gasteiger partial charge in [0.25, 0.3) is 0 Å². The Hall–Kier alpha value is -1.99. The molecule has 1 aromatic carbocycles. The van der Waals surface area contributed by atoms with Crippen molar-refractivity contribution < 1.29 is 5.21 Å². The van der Waals surface area contributed by atoms with E-state index in [2.05, 4.69) is 16.4 Å². The second-order valence-electron chi connectivity index (χ2n) is 3.63. The van der Waals surface area contributed by atoms with Crippen molar-refractivity contribution in [3.63, 3.8) is 0 Å². The first-order valence-corrected chi connectivity index (χ1v) is 5.49. The Morgan fingerprint density at radius 2 is 2.24 bits per heavy atom. The van der Waals surface area contributed by atoms with E-state index in [0.29, 0.717) is 6.54 Å². The molecule has 0 atom stereocenters. The van der Waals surface area contributed by atoms with Crippen molar-refractivity contribution in [3.05, 3.63) is 35.4 Å². The summed E-state index contributed by atoms with van der Waals surface area (Å²) in [6.45, 7) is 1.53. The summed E-state index contributed by atoms with van der Waals surface area (Å²) in [5, 5.41) is 15.0. The number of nitrogens with zero attached hydrogens (tertiary/aromatic N) is 1. The molecule has 0 aliphatic rings. The Bertz CT molecular complexity index is 421. The molecule has 4 heteroatoms. The Labute approximate surface area is 102 Å². The minimum atomic E-state index is 0.131. The van der Waals surface area contributed by atoms with E-state index in [-0.39, 0.29) is 5.84 Å². The summed E-state index contributed by atoms with van der Waals surface area (Å²) in [5.41, 5.74) is 7.35. The van der Waals surface area contributed by atoms with Gasteiger partial charge in [-0.05, 0) is 18.5 Å². The average Bonchev–Trinajstić information content (AvgIpc) is 2.38. The Morgan fingerprint density at radius 1 is 1.47 bits per heavy atom. The molecule has 0 unspecified atom stereocenters. The SMILES string of the molecule is C#CCCCNCc1ccccc1/C(N)=N\O. The van der Waals surface area contributed by atoms with Crippen LogP contribution in [0.3, 0.4) is 0 Å². The number of nitrogens with one attached hydrogen (secondary N) is 1. The molecular weight excluding hydrogens is 214 g/mol. The zero-order valence-corrected chi connectivity index (χ0v) is 9.69. The first-order valence-electron chi connectivity index (χ1n) is 5.49. The second kappa shape index (κ2) is 7.31.